The minimum atomic E-state index is -0.494. The lowest BCUT2D eigenvalue weighted by Gasteiger charge is -2.11. The van der Waals surface area contributed by atoms with E-state index in [1.807, 2.05) is 0 Å². The minimum absolute atomic E-state index is 0.0394. The predicted octanol–water partition coefficient (Wildman–Crippen LogP) is 2.99. The summed E-state index contributed by atoms with van der Waals surface area (Å²) in [6, 6.07) is 9.11. The first-order valence-corrected chi connectivity index (χ1v) is 6.46. The molecular weight excluding hydrogens is 286 g/mol. The zero-order valence-electron chi connectivity index (χ0n) is 11.6. The number of amides is 1. The normalized spacial score (nSPS) is 16.2. The van der Waals surface area contributed by atoms with Crippen molar-refractivity contribution in [3.63, 3.8) is 0 Å². The highest BCUT2D eigenvalue weighted by atomic mass is 16.6. The molecule has 0 saturated heterocycles. The Morgan fingerprint density at radius 2 is 2.00 bits per heavy atom. The molecule has 2 aromatic rings. The molecule has 1 amide bonds. The molecule has 0 N–H and O–H groups in total. The van der Waals surface area contributed by atoms with E-state index in [-0.39, 0.29) is 11.6 Å². The van der Waals surface area contributed by atoms with E-state index in [1.165, 1.54) is 35.5 Å². The zero-order chi connectivity index (χ0) is 15.7. The molecule has 0 atom stereocenters. The van der Waals surface area contributed by atoms with E-state index < -0.39 is 4.92 Å². The number of nitrogens with zero attached hydrogens (tertiary/aromatic N) is 3. The molecule has 110 valence electrons. The van der Waals surface area contributed by atoms with Crippen molar-refractivity contribution in [2.75, 3.05) is 5.01 Å². The number of non-ortho nitro benzene ring substituents is 1. The van der Waals surface area contributed by atoms with E-state index in [2.05, 4.69) is 5.10 Å². The summed E-state index contributed by atoms with van der Waals surface area (Å²) >= 11 is 0. The Morgan fingerprint density at radius 3 is 2.59 bits per heavy atom. The van der Waals surface area contributed by atoms with E-state index in [0.29, 0.717) is 22.7 Å². The molecular formula is C15H11N3O4. The van der Waals surface area contributed by atoms with Crippen LogP contribution < -0.4 is 5.01 Å². The second kappa shape index (κ2) is 5.28. The first-order chi connectivity index (χ1) is 10.6. The van der Waals surface area contributed by atoms with Gasteiger partial charge in [-0.1, -0.05) is 0 Å². The van der Waals surface area contributed by atoms with Crippen LogP contribution in [0.2, 0.25) is 0 Å². The Balaban J connectivity index is 1.91. The van der Waals surface area contributed by atoms with Gasteiger partial charge in [0, 0.05) is 12.1 Å². The predicted molar refractivity (Wildman–Crippen MR) is 80.4 cm³/mol. The molecule has 0 spiro atoms. The van der Waals surface area contributed by atoms with Gasteiger partial charge in [0.15, 0.2) is 0 Å². The average molecular weight is 297 g/mol. The van der Waals surface area contributed by atoms with Crippen LogP contribution in [0.4, 0.5) is 11.4 Å². The fourth-order valence-electron chi connectivity index (χ4n) is 2.09. The van der Waals surface area contributed by atoms with Crippen LogP contribution in [0.15, 0.2) is 57.8 Å². The molecule has 7 nitrogen and oxygen atoms in total. The lowest BCUT2D eigenvalue weighted by atomic mass is 10.1. The van der Waals surface area contributed by atoms with Gasteiger partial charge in [0.05, 0.1) is 28.2 Å². The third kappa shape index (κ3) is 2.39. The van der Waals surface area contributed by atoms with Crippen LogP contribution >= 0.6 is 0 Å². The van der Waals surface area contributed by atoms with E-state index in [1.54, 1.807) is 25.1 Å². The number of furan rings is 1. The molecule has 3 rings (SSSR count). The van der Waals surface area contributed by atoms with Gasteiger partial charge in [-0.05, 0) is 37.3 Å². The van der Waals surface area contributed by atoms with Gasteiger partial charge < -0.3 is 4.42 Å². The van der Waals surface area contributed by atoms with Gasteiger partial charge in [0.1, 0.15) is 5.76 Å². The highest BCUT2D eigenvalue weighted by molar-refractivity contribution is 6.32. The van der Waals surface area contributed by atoms with Gasteiger partial charge in [0.2, 0.25) is 0 Å². The standard InChI is InChI=1S/C15H11N3O4/c1-10-14(9-13-3-2-8-22-13)15(19)17(16-10)11-4-6-12(7-5-11)18(20)21/h2-9H,1H3/b14-9-. The first-order valence-electron chi connectivity index (χ1n) is 6.46. The lowest BCUT2D eigenvalue weighted by Crippen LogP contribution is -2.21. The largest absolute Gasteiger partial charge is 0.465 e. The van der Waals surface area contributed by atoms with Crippen molar-refractivity contribution in [1.82, 2.24) is 0 Å². The molecule has 7 heteroatoms. The number of nitro groups is 1. The Kier molecular flexibility index (Phi) is 3.30. The molecule has 0 aliphatic carbocycles. The molecule has 0 unspecified atom stereocenters. The highest BCUT2D eigenvalue weighted by Gasteiger charge is 2.29. The number of carbonyl (C=O) groups excluding carboxylic acids is 1. The van der Waals surface area contributed by atoms with Gasteiger partial charge >= 0.3 is 0 Å². The monoisotopic (exact) mass is 297 g/mol. The van der Waals surface area contributed by atoms with Crippen molar-refractivity contribution < 1.29 is 14.1 Å². The maximum atomic E-state index is 12.4. The smallest absolute Gasteiger partial charge is 0.280 e. The highest BCUT2D eigenvalue weighted by Crippen LogP contribution is 2.26. The second-order valence-corrected chi connectivity index (χ2v) is 4.65. The third-order valence-electron chi connectivity index (χ3n) is 3.20. The van der Waals surface area contributed by atoms with Gasteiger partial charge in [-0.3, -0.25) is 14.9 Å². The number of anilines is 1. The van der Waals surface area contributed by atoms with E-state index >= 15 is 0 Å². The van der Waals surface area contributed by atoms with E-state index in [9.17, 15) is 14.9 Å². The van der Waals surface area contributed by atoms with Gasteiger partial charge in [-0.25, -0.2) is 0 Å². The number of benzene rings is 1. The number of nitro benzene ring substituents is 1. The molecule has 0 bridgehead atoms. The quantitative estimate of drug-likeness (QED) is 0.495. The zero-order valence-corrected chi connectivity index (χ0v) is 11.6. The fourth-order valence-corrected chi connectivity index (χ4v) is 2.09. The second-order valence-electron chi connectivity index (χ2n) is 4.65. The number of rotatable bonds is 3. The Hall–Kier alpha value is -3.22. The van der Waals surface area contributed by atoms with Crippen LogP contribution in [-0.2, 0) is 4.79 Å². The van der Waals surface area contributed by atoms with Gasteiger partial charge in [0.25, 0.3) is 11.6 Å². The van der Waals surface area contributed by atoms with Crippen LogP contribution in [-0.4, -0.2) is 16.5 Å². The Bertz CT molecular complexity index is 789. The molecule has 1 aliphatic rings. The first kappa shape index (κ1) is 13.7. The van der Waals surface area contributed by atoms with Crippen molar-refractivity contribution in [2.45, 2.75) is 6.92 Å². The fraction of sp³-hybridized carbons (Fsp3) is 0.0667. The Labute approximate surface area is 125 Å². The summed E-state index contributed by atoms with van der Waals surface area (Å²) < 4.78 is 5.20. The summed E-state index contributed by atoms with van der Waals surface area (Å²) in [6.07, 6.45) is 3.14. The van der Waals surface area contributed by atoms with Crippen molar-refractivity contribution in [1.29, 1.82) is 0 Å². The molecule has 2 heterocycles. The number of carbonyl (C=O) groups is 1. The summed E-state index contributed by atoms with van der Waals surface area (Å²) in [4.78, 5) is 22.6. The summed E-state index contributed by atoms with van der Waals surface area (Å²) in [5, 5.41) is 16.1. The average Bonchev–Trinajstić information content (AvgIpc) is 3.11. The van der Waals surface area contributed by atoms with Crippen molar-refractivity contribution in [2.24, 2.45) is 5.10 Å². The summed E-state index contributed by atoms with van der Waals surface area (Å²) in [5.74, 6) is 0.256. The third-order valence-corrected chi connectivity index (χ3v) is 3.20. The van der Waals surface area contributed by atoms with Crippen molar-refractivity contribution in [3.05, 3.63) is 64.1 Å². The summed E-state index contributed by atoms with van der Waals surface area (Å²) in [6.45, 7) is 1.72. The number of hydrogen-bond acceptors (Lipinski definition) is 5. The molecule has 1 aliphatic heterocycles. The molecule has 1 aromatic heterocycles. The Morgan fingerprint density at radius 1 is 1.27 bits per heavy atom. The topological polar surface area (TPSA) is 89.0 Å². The maximum Gasteiger partial charge on any atom is 0.280 e. The summed E-state index contributed by atoms with van der Waals surface area (Å²) in [7, 11) is 0. The van der Waals surface area contributed by atoms with Crippen molar-refractivity contribution >= 4 is 29.1 Å². The molecule has 0 radical (unpaired) electrons. The molecule has 0 saturated carbocycles. The maximum absolute atomic E-state index is 12.4. The van der Waals surface area contributed by atoms with Crippen LogP contribution in [0.3, 0.4) is 0 Å². The summed E-state index contributed by atoms with van der Waals surface area (Å²) in [5.41, 5.74) is 1.41. The van der Waals surface area contributed by atoms with Gasteiger partial charge in [-0.15, -0.1) is 0 Å². The van der Waals surface area contributed by atoms with E-state index in [0.717, 1.165) is 0 Å². The number of hydrogen-bond donors (Lipinski definition) is 0. The van der Waals surface area contributed by atoms with Crippen molar-refractivity contribution in [3.8, 4) is 0 Å². The molecule has 22 heavy (non-hydrogen) atoms. The number of hydrazone groups is 1. The van der Waals surface area contributed by atoms with Crippen LogP contribution in [0, 0.1) is 10.1 Å². The van der Waals surface area contributed by atoms with E-state index in [4.69, 9.17) is 4.42 Å². The molecule has 0 fully saturated rings. The van der Waals surface area contributed by atoms with Crippen LogP contribution in [0.5, 0.6) is 0 Å². The van der Waals surface area contributed by atoms with Crippen LogP contribution in [0.25, 0.3) is 6.08 Å². The lowest BCUT2D eigenvalue weighted by molar-refractivity contribution is -0.384. The van der Waals surface area contributed by atoms with Gasteiger partial charge in [-0.2, -0.15) is 10.1 Å². The van der Waals surface area contributed by atoms with Crippen LogP contribution in [0.1, 0.15) is 12.7 Å². The minimum Gasteiger partial charge on any atom is -0.465 e. The molecule has 1 aromatic carbocycles. The SMILES string of the molecule is CC1=NN(c2ccc([N+](=O)[O-])cc2)C(=O)/C1=C\c1ccco1.